The maximum atomic E-state index is 12.0. The third-order valence-corrected chi connectivity index (χ3v) is 4.98. The van der Waals surface area contributed by atoms with Gasteiger partial charge in [0.25, 0.3) is 0 Å². The Hall–Kier alpha value is -1.11. The summed E-state index contributed by atoms with van der Waals surface area (Å²) in [5, 5.41) is 8.10. The predicted octanol–water partition coefficient (Wildman–Crippen LogP) is 1.41. The van der Waals surface area contributed by atoms with Gasteiger partial charge in [-0.05, 0) is 20.3 Å². The van der Waals surface area contributed by atoms with E-state index in [1.807, 2.05) is 20.9 Å². The average Bonchev–Trinajstić information content (AvgIpc) is 2.75. The maximum absolute atomic E-state index is 12.0. The number of piperazine rings is 1. The highest BCUT2D eigenvalue weighted by Gasteiger charge is 2.21. The molecule has 0 saturated carbocycles. The number of halogens is 1. The molecular weight excluding hydrogens is 314 g/mol. The van der Waals surface area contributed by atoms with Crippen molar-refractivity contribution < 1.29 is 4.79 Å². The van der Waals surface area contributed by atoms with Crippen molar-refractivity contribution in [3.63, 3.8) is 0 Å². The minimum absolute atomic E-state index is 0.124. The molecule has 1 saturated heterocycles. The van der Waals surface area contributed by atoms with Crippen LogP contribution in [-0.2, 0) is 18.4 Å². The molecule has 23 heavy (non-hydrogen) atoms. The van der Waals surface area contributed by atoms with Crippen molar-refractivity contribution >= 4 is 17.5 Å². The summed E-state index contributed by atoms with van der Waals surface area (Å²) in [5.41, 5.74) is 2.10. The van der Waals surface area contributed by atoms with Crippen LogP contribution in [0.5, 0.6) is 0 Å². The van der Waals surface area contributed by atoms with E-state index in [1.54, 1.807) is 4.68 Å². The van der Waals surface area contributed by atoms with Gasteiger partial charge in [0.2, 0.25) is 5.91 Å². The lowest BCUT2D eigenvalue weighted by atomic mass is 10.2. The van der Waals surface area contributed by atoms with Crippen molar-refractivity contribution in [1.82, 2.24) is 24.9 Å². The van der Waals surface area contributed by atoms with Crippen LogP contribution in [0.15, 0.2) is 0 Å². The highest BCUT2D eigenvalue weighted by molar-refractivity contribution is 6.30. The Balaban J connectivity index is 1.79. The van der Waals surface area contributed by atoms with Gasteiger partial charge in [0.1, 0.15) is 5.15 Å². The first-order valence-electron chi connectivity index (χ1n) is 8.32. The van der Waals surface area contributed by atoms with Crippen LogP contribution in [0.25, 0.3) is 0 Å². The lowest BCUT2D eigenvalue weighted by Crippen LogP contribution is -2.49. The van der Waals surface area contributed by atoms with E-state index < -0.39 is 0 Å². The maximum Gasteiger partial charge on any atom is 0.234 e. The number of aromatic nitrogens is 2. The fraction of sp³-hybridized carbons (Fsp3) is 0.750. The zero-order valence-electron chi connectivity index (χ0n) is 14.6. The van der Waals surface area contributed by atoms with E-state index >= 15 is 0 Å². The molecular formula is C16H28ClN5O. The molecule has 0 aliphatic carbocycles. The molecule has 0 aromatic carbocycles. The standard InChI is InChI=1S/C16H28ClN5O/c1-5-12(2)18-15(23)11-22-8-6-21(7-9-22)10-14-13(3)19-20(4)16(14)17/h12H,5-11H2,1-4H3,(H,18,23). The van der Waals surface area contributed by atoms with E-state index in [0.29, 0.717) is 6.54 Å². The number of carbonyl (C=O) groups excluding carboxylic acids is 1. The average molecular weight is 342 g/mol. The number of amides is 1. The Bertz CT molecular complexity index is 537. The Morgan fingerprint density at radius 2 is 1.91 bits per heavy atom. The number of nitrogens with one attached hydrogen (secondary N) is 1. The minimum atomic E-state index is 0.124. The Labute approximate surface area is 143 Å². The highest BCUT2D eigenvalue weighted by atomic mass is 35.5. The molecule has 1 aliphatic rings. The first-order chi connectivity index (χ1) is 10.9. The van der Waals surface area contributed by atoms with E-state index in [1.165, 1.54) is 0 Å². The number of nitrogens with zero attached hydrogens (tertiary/aromatic N) is 4. The molecule has 7 heteroatoms. The first-order valence-corrected chi connectivity index (χ1v) is 8.70. The monoisotopic (exact) mass is 341 g/mol. The molecule has 0 bridgehead atoms. The summed E-state index contributed by atoms with van der Waals surface area (Å²) >= 11 is 6.30. The van der Waals surface area contributed by atoms with Crippen molar-refractivity contribution in [2.24, 2.45) is 7.05 Å². The second-order valence-electron chi connectivity index (χ2n) is 6.41. The van der Waals surface area contributed by atoms with Crippen LogP contribution in [-0.4, -0.2) is 64.3 Å². The van der Waals surface area contributed by atoms with Crippen molar-refractivity contribution in [3.05, 3.63) is 16.4 Å². The second kappa shape index (κ2) is 8.13. The SMILES string of the molecule is CCC(C)NC(=O)CN1CCN(Cc2c(C)nn(C)c2Cl)CC1. The minimum Gasteiger partial charge on any atom is -0.353 e. The van der Waals surface area contributed by atoms with Crippen LogP contribution >= 0.6 is 11.6 Å². The van der Waals surface area contributed by atoms with Crippen LogP contribution in [0.4, 0.5) is 0 Å². The zero-order chi connectivity index (χ0) is 17.0. The molecule has 2 rings (SSSR count). The van der Waals surface area contributed by atoms with E-state index in [0.717, 1.165) is 55.6 Å². The number of hydrogen-bond donors (Lipinski definition) is 1. The van der Waals surface area contributed by atoms with Gasteiger partial charge in [-0.1, -0.05) is 18.5 Å². The summed E-state index contributed by atoms with van der Waals surface area (Å²) in [7, 11) is 1.87. The van der Waals surface area contributed by atoms with Gasteiger partial charge in [-0.3, -0.25) is 19.3 Å². The number of aryl methyl sites for hydroxylation is 2. The van der Waals surface area contributed by atoms with E-state index in [2.05, 4.69) is 27.1 Å². The summed E-state index contributed by atoms with van der Waals surface area (Å²) in [5.74, 6) is 0.124. The number of rotatable bonds is 6. The van der Waals surface area contributed by atoms with Crippen LogP contribution < -0.4 is 5.32 Å². The molecule has 1 N–H and O–H groups in total. The van der Waals surface area contributed by atoms with Gasteiger partial charge >= 0.3 is 0 Å². The Morgan fingerprint density at radius 1 is 1.30 bits per heavy atom. The third kappa shape index (κ3) is 4.93. The van der Waals surface area contributed by atoms with Crippen LogP contribution in [0.1, 0.15) is 31.5 Å². The fourth-order valence-electron chi connectivity index (χ4n) is 2.81. The molecule has 1 amide bonds. The first kappa shape index (κ1) is 18.2. The summed E-state index contributed by atoms with van der Waals surface area (Å²) in [4.78, 5) is 16.5. The van der Waals surface area contributed by atoms with Gasteiger partial charge in [-0.25, -0.2) is 0 Å². The van der Waals surface area contributed by atoms with Gasteiger partial charge in [0, 0.05) is 51.4 Å². The molecule has 6 nitrogen and oxygen atoms in total. The van der Waals surface area contributed by atoms with Gasteiger partial charge in [0.15, 0.2) is 0 Å². The van der Waals surface area contributed by atoms with Crippen LogP contribution in [0, 0.1) is 6.92 Å². The lowest BCUT2D eigenvalue weighted by molar-refractivity contribution is -0.123. The largest absolute Gasteiger partial charge is 0.353 e. The van der Waals surface area contributed by atoms with Gasteiger partial charge in [-0.2, -0.15) is 5.10 Å². The molecule has 1 aromatic rings. The molecule has 130 valence electrons. The van der Waals surface area contributed by atoms with E-state index in [4.69, 9.17) is 11.6 Å². The van der Waals surface area contributed by atoms with Crippen molar-refractivity contribution in [2.45, 2.75) is 39.8 Å². The van der Waals surface area contributed by atoms with Gasteiger partial charge in [0.05, 0.1) is 12.2 Å². The Kier molecular flexibility index (Phi) is 6.44. The van der Waals surface area contributed by atoms with Crippen molar-refractivity contribution in [2.75, 3.05) is 32.7 Å². The van der Waals surface area contributed by atoms with Gasteiger partial charge < -0.3 is 5.32 Å². The molecule has 1 aliphatic heterocycles. The van der Waals surface area contributed by atoms with Crippen LogP contribution in [0.3, 0.4) is 0 Å². The lowest BCUT2D eigenvalue weighted by Gasteiger charge is -2.34. The molecule has 0 spiro atoms. The summed E-state index contributed by atoms with van der Waals surface area (Å²) in [6, 6.07) is 0.250. The summed E-state index contributed by atoms with van der Waals surface area (Å²) in [6.07, 6.45) is 0.963. The molecule has 2 heterocycles. The fourth-order valence-corrected chi connectivity index (χ4v) is 3.04. The predicted molar refractivity (Wildman–Crippen MR) is 92.6 cm³/mol. The molecule has 0 radical (unpaired) electrons. The van der Waals surface area contributed by atoms with Crippen LogP contribution in [0.2, 0.25) is 5.15 Å². The topological polar surface area (TPSA) is 53.4 Å². The second-order valence-corrected chi connectivity index (χ2v) is 6.77. The van der Waals surface area contributed by atoms with Crippen molar-refractivity contribution in [3.8, 4) is 0 Å². The normalized spacial score (nSPS) is 18.1. The van der Waals surface area contributed by atoms with E-state index in [-0.39, 0.29) is 11.9 Å². The number of hydrogen-bond acceptors (Lipinski definition) is 4. The Morgan fingerprint density at radius 3 is 2.43 bits per heavy atom. The van der Waals surface area contributed by atoms with Crippen molar-refractivity contribution in [1.29, 1.82) is 0 Å². The summed E-state index contributed by atoms with van der Waals surface area (Å²) < 4.78 is 1.72. The highest BCUT2D eigenvalue weighted by Crippen LogP contribution is 2.21. The molecule has 1 atom stereocenters. The summed E-state index contributed by atoms with van der Waals surface area (Å²) in [6.45, 7) is 11.1. The molecule has 1 fully saturated rings. The third-order valence-electron chi connectivity index (χ3n) is 4.50. The van der Waals surface area contributed by atoms with Gasteiger partial charge in [-0.15, -0.1) is 0 Å². The molecule has 1 aromatic heterocycles. The quantitative estimate of drug-likeness (QED) is 0.850. The van der Waals surface area contributed by atoms with E-state index in [9.17, 15) is 4.79 Å². The number of carbonyl (C=O) groups is 1. The zero-order valence-corrected chi connectivity index (χ0v) is 15.4. The molecule has 1 unspecified atom stereocenters. The smallest absolute Gasteiger partial charge is 0.234 e.